The first kappa shape index (κ1) is 18.1. The summed E-state index contributed by atoms with van der Waals surface area (Å²) in [5.74, 6) is 0. The van der Waals surface area contributed by atoms with Crippen LogP contribution in [0.4, 0.5) is 4.79 Å². The van der Waals surface area contributed by atoms with Gasteiger partial charge in [0.25, 0.3) is 0 Å². The molecule has 1 fully saturated rings. The van der Waals surface area contributed by atoms with Gasteiger partial charge in [-0.15, -0.1) is 0 Å². The summed E-state index contributed by atoms with van der Waals surface area (Å²) in [4.78, 5) is 14.1. The van der Waals surface area contributed by atoms with Crippen molar-refractivity contribution in [1.82, 2.24) is 4.90 Å². The molecule has 2 aliphatic heterocycles. The summed E-state index contributed by atoms with van der Waals surface area (Å²) in [6.45, 7) is 15.7. The summed E-state index contributed by atoms with van der Waals surface area (Å²) in [6.07, 6.45) is 1.00. The van der Waals surface area contributed by atoms with Crippen LogP contribution in [-0.2, 0) is 18.8 Å². The SMILES string of the molecule is CC1CN(C(=O)OC(C)(C)C)C(B2OC(C)(C)C(C)(C)O2)=CO1. The molecule has 1 atom stereocenters. The molecule has 0 spiro atoms. The molecule has 0 aromatic rings. The van der Waals surface area contributed by atoms with E-state index in [0.717, 1.165) is 0 Å². The van der Waals surface area contributed by atoms with Gasteiger partial charge in [-0.25, -0.2) is 4.79 Å². The number of carbonyl (C=O) groups excluding carboxylic acids is 1. The summed E-state index contributed by atoms with van der Waals surface area (Å²) >= 11 is 0. The minimum Gasteiger partial charge on any atom is -0.495 e. The zero-order valence-corrected chi connectivity index (χ0v) is 15.4. The monoisotopic (exact) mass is 325 g/mol. The van der Waals surface area contributed by atoms with E-state index in [2.05, 4.69) is 0 Å². The Labute approximate surface area is 139 Å². The van der Waals surface area contributed by atoms with Crippen molar-refractivity contribution in [1.29, 1.82) is 0 Å². The van der Waals surface area contributed by atoms with Crippen LogP contribution in [0.3, 0.4) is 0 Å². The average Bonchev–Trinajstić information content (AvgIpc) is 2.56. The number of carbonyl (C=O) groups is 1. The Morgan fingerprint density at radius 3 is 2.26 bits per heavy atom. The van der Waals surface area contributed by atoms with Crippen molar-refractivity contribution in [2.45, 2.75) is 78.3 Å². The van der Waals surface area contributed by atoms with Gasteiger partial charge in [-0.3, -0.25) is 4.90 Å². The summed E-state index contributed by atoms with van der Waals surface area (Å²) in [7, 11) is -0.667. The van der Waals surface area contributed by atoms with Gasteiger partial charge >= 0.3 is 13.2 Å². The standard InChI is InChI=1S/C16H28BNO5/c1-11-9-18(13(19)21-14(2,3)4)12(10-20-11)17-22-15(5,6)16(7,8)23-17/h10-11H,9H2,1-8H3. The lowest BCUT2D eigenvalue weighted by Crippen LogP contribution is -2.47. The molecule has 0 radical (unpaired) electrons. The van der Waals surface area contributed by atoms with Crippen LogP contribution >= 0.6 is 0 Å². The molecule has 0 aromatic heterocycles. The maximum absolute atomic E-state index is 12.5. The summed E-state index contributed by atoms with van der Waals surface area (Å²) in [6, 6.07) is 0. The molecule has 0 aliphatic carbocycles. The fourth-order valence-corrected chi connectivity index (χ4v) is 2.30. The summed E-state index contributed by atoms with van der Waals surface area (Å²) < 4.78 is 23.1. The Morgan fingerprint density at radius 1 is 1.26 bits per heavy atom. The van der Waals surface area contributed by atoms with Crippen molar-refractivity contribution < 1.29 is 23.6 Å². The van der Waals surface area contributed by atoms with E-state index in [1.165, 1.54) is 0 Å². The summed E-state index contributed by atoms with van der Waals surface area (Å²) in [5, 5.41) is 0. The van der Waals surface area contributed by atoms with Crippen LogP contribution in [0.15, 0.2) is 11.9 Å². The lowest BCUT2D eigenvalue weighted by atomic mass is 9.83. The number of rotatable bonds is 1. The lowest BCUT2D eigenvalue weighted by molar-refractivity contribution is 0.00578. The van der Waals surface area contributed by atoms with Gasteiger partial charge in [0.1, 0.15) is 11.7 Å². The Hall–Kier alpha value is -1.21. The van der Waals surface area contributed by atoms with Crippen molar-refractivity contribution in [2.24, 2.45) is 0 Å². The Kier molecular flexibility index (Phi) is 4.50. The molecule has 7 heteroatoms. The Bertz CT molecular complexity index is 493. The van der Waals surface area contributed by atoms with E-state index >= 15 is 0 Å². The molecule has 0 aromatic carbocycles. The van der Waals surface area contributed by atoms with Crippen LogP contribution < -0.4 is 0 Å². The molecule has 1 unspecified atom stereocenters. The van der Waals surface area contributed by atoms with E-state index in [0.29, 0.717) is 12.1 Å². The number of ether oxygens (including phenoxy) is 2. The van der Waals surface area contributed by atoms with Gasteiger partial charge in [0.2, 0.25) is 0 Å². The van der Waals surface area contributed by atoms with Gasteiger partial charge in [-0.05, 0) is 55.4 Å². The van der Waals surface area contributed by atoms with Crippen molar-refractivity contribution >= 4 is 13.2 Å². The number of hydrogen-bond acceptors (Lipinski definition) is 5. The molecular weight excluding hydrogens is 297 g/mol. The molecule has 2 aliphatic rings. The minimum absolute atomic E-state index is 0.117. The zero-order valence-electron chi connectivity index (χ0n) is 15.4. The molecule has 2 rings (SSSR count). The van der Waals surface area contributed by atoms with Gasteiger partial charge in [0.15, 0.2) is 0 Å². The molecule has 2 heterocycles. The van der Waals surface area contributed by atoms with E-state index in [1.54, 1.807) is 11.2 Å². The molecule has 1 amide bonds. The van der Waals surface area contributed by atoms with Crippen LogP contribution in [0.2, 0.25) is 0 Å². The first-order valence-corrected chi connectivity index (χ1v) is 8.04. The van der Waals surface area contributed by atoms with Gasteiger partial charge < -0.3 is 18.8 Å². The zero-order chi connectivity index (χ0) is 17.6. The second-order valence-electron chi connectivity index (χ2n) is 8.17. The van der Waals surface area contributed by atoms with Crippen molar-refractivity contribution in [3.63, 3.8) is 0 Å². The molecule has 0 bridgehead atoms. The first-order chi connectivity index (χ1) is 10.3. The Morgan fingerprint density at radius 2 is 1.78 bits per heavy atom. The Balaban J connectivity index is 2.23. The molecule has 6 nitrogen and oxygen atoms in total. The number of nitrogens with zero attached hydrogens (tertiary/aromatic N) is 1. The average molecular weight is 325 g/mol. The number of amides is 1. The molecule has 130 valence electrons. The largest absolute Gasteiger partial charge is 0.515 e. The highest BCUT2D eigenvalue weighted by Crippen LogP contribution is 2.39. The fourth-order valence-electron chi connectivity index (χ4n) is 2.30. The minimum atomic E-state index is -0.667. The van der Waals surface area contributed by atoms with E-state index in [9.17, 15) is 4.79 Å². The highest BCUT2D eigenvalue weighted by atomic mass is 16.7. The van der Waals surface area contributed by atoms with Gasteiger partial charge in [0, 0.05) is 0 Å². The quantitative estimate of drug-likeness (QED) is 0.693. The third kappa shape index (κ3) is 3.83. The topological polar surface area (TPSA) is 57.2 Å². The van der Waals surface area contributed by atoms with E-state index in [4.69, 9.17) is 18.8 Å². The van der Waals surface area contributed by atoms with Crippen molar-refractivity contribution in [2.75, 3.05) is 6.54 Å². The van der Waals surface area contributed by atoms with Crippen LogP contribution in [-0.4, -0.2) is 47.6 Å². The van der Waals surface area contributed by atoms with Crippen LogP contribution in [0.5, 0.6) is 0 Å². The maximum atomic E-state index is 12.5. The van der Waals surface area contributed by atoms with Crippen LogP contribution in [0.25, 0.3) is 0 Å². The molecule has 0 saturated carbocycles. The predicted molar refractivity (Wildman–Crippen MR) is 87.7 cm³/mol. The predicted octanol–water partition coefficient (Wildman–Crippen LogP) is 3.12. The van der Waals surface area contributed by atoms with E-state index < -0.39 is 30.0 Å². The third-order valence-electron chi connectivity index (χ3n) is 4.28. The molecule has 0 N–H and O–H groups in total. The lowest BCUT2D eigenvalue weighted by Gasteiger charge is -2.34. The van der Waals surface area contributed by atoms with Gasteiger partial charge in [-0.1, -0.05) is 0 Å². The van der Waals surface area contributed by atoms with Crippen LogP contribution in [0, 0.1) is 0 Å². The van der Waals surface area contributed by atoms with Gasteiger partial charge in [-0.2, -0.15) is 0 Å². The van der Waals surface area contributed by atoms with Gasteiger partial charge in [0.05, 0.1) is 29.6 Å². The summed E-state index contributed by atoms with van der Waals surface area (Å²) in [5.41, 5.74) is -1.00. The molecule has 23 heavy (non-hydrogen) atoms. The molecule has 1 saturated heterocycles. The normalized spacial score (nSPS) is 26.6. The highest BCUT2D eigenvalue weighted by molar-refractivity contribution is 6.54. The van der Waals surface area contributed by atoms with E-state index in [-0.39, 0.29) is 6.10 Å². The fraction of sp³-hybridized carbons (Fsp3) is 0.812. The highest BCUT2D eigenvalue weighted by Gasteiger charge is 2.55. The first-order valence-electron chi connectivity index (χ1n) is 8.04. The van der Waals surface area contributed by atoms with Crippen LogP contribution in [0.1, 0.15) is 55.4 Å². The smallest absolute Gasteiger partial charge is 0.495 e. The third-order valence-corrected chi connectivity index (χ3v) is 4.28. The van der Waals surface area contributed by atoms with Crippen molar-refractivity contribution in [3.05, 3.63) is 11.9 Å². The molecular formula is C16H28BNO5. The van der Waals surface area contributed by atoms with E-state index in [1.807, 2.05) is 55.4 Å². The maximum Gasteiger partial charge on any atom is 0.515 e. The van der Waals surface area contributed by atoms with Crippen molar-refractivity contribution in [3.8, 4) is 0 Å². The number of hydrogen-bond donors (Lipinski definition) is 0. The second-order valence-corrected chi connectivity index (χ2v) is 8.17. The second kappa shape index (κ2) is 5.70.